The molecule has 0 saturated heterocycles. The summed E-state index contributed by atoms with van der Waals surface area (Å²) in [5.41, 5.74) is 3.86. The number of ether oxygens (including phenoxy) is 1. The van der Waals surface area contributed by atoms with Crippen molar-refractivity contribution in [1.29, 1.82) is 0 Å². The van der Waals surface area contributed by atoms with E-state index in [1.54, 1.807) is 7.11 Å². The van der Waals surface area contributed by atoms with Crippen molar-refractivity contribution in [3.8, 4) is 5.75 Å². The van der Waals surface area contributed by atoms with Gasteiger partial charge < -0.3 is 9.64 Å². The molecular formula is C14H23NOS. The summed E-state index contributed by atoms with van der Waals surface area (Å²) in [5.74, 6) is 1.86. The highest BCUT2D eigenvalue weighted by Crippen LogP contribution is 2.30. The average molecular weight is 253 g/mol. The van der Waals surface area contributed by atoms with Gasteiger partial charge in [0.2, 0.25) is 0 Å². The lowest BCUT2D eigenvalue weighted by Gasteiger charge is -2.26. The molecule has 0 aliphatic rings. The Hall–Kier alpha value is -0.670. The monoisotopic (exact) mass is 253 g/mol. The Kier molecular flexibility index (Phi) is 5.34. The first-order valence-corrected chi connectivity index (χ1v) is 6.57. The van der Waals surface area contributed by atoms with Crippen LogP contribution in [-0.2, 0) is 0 Å². The van der Waals surface area contributed by atoms with Crippen molar-refractivity contribution in [2.45, 2.75) is 26.3 Å². The van der Waals surface area contributed by atoms with Gasteiger partial charge in [-0.1, -0.05) is 6.07 Å². The normalized spacial score (nSPS) is 12.9. The lowest BCUT2D eigenvalue weighted by atomic mass is 9.96. The van der Waals surface area contributed by atoms with Crippen LogP contribution in [0.4, 0.5) is 0 Å². The van der Waals surface area contributed by atoms with E-state index >= 15 is 0 Å². The van der Waals surface area contributed by atoms with Gasteiger partial charge in [-0.15, -0.1) is 0 Å². The second-order valence-electron chi connectivity index (χ2n) is 4.67. The Morgan fingerprint density at radius 1 is 1.24 bits per heavy atom. The van der Waals surface area contributed by atoms with E-state index in [-0.39, 0.29) is 0 Å². The molecule has 2 nitrogen and oxygen atoms in total. The first-order chi connectivity index (χ1) is 8.01. The highest BCUT2D eigenvalue weighted by molar-refractivity contribution is 7.80. The molecule has 1 aromatic rings. The molecule has 0 bridgehead atoms. The Labute approximate surface area is 110 Å². The highest BCUT2D eigenvalue weighted by atomic mass is 32.1. The minimum absolute atomic E-state index is 0.428. The smallest absolute Gasteiger partial charge is 0.122 e. The predicted octanol–water partition coefficient (Wildman–Crippen LogP) is 3.23. The average Bonchev–Trinajstić information content (AvgIpc) is 2.28. The minimum Gasteiger partial charge on any atom is -0.496 e. The number of benzene rings is 1. The molecule has 0 aliphatic heterocycles. The van der Waals surface area contributed by atoms with Crippen LogP contribution in [0.3, 0.4) is 0 Å². The number of methoxy groups -OCH3 is 1. The quantitative estimate of drug-likeness (QED) is 0.809. The largest absolute Gasteiger partial charge is 0.496 e. The summed E-state index contributed by atoms with van der Waals surface area (Å²) in [7, 11) is 5.96. The molecule has 17 heavy (non-hydrogen) atoms. The Balaban J connectivity index is 3.15. The first kappa shape index (κ1) is 14.4. The summed E-state index contributed by atoms with van der Waals surface area (Å²) >= 11 is 4.35. The molecule has 0 radical (unpaired) electrons. The molecule has 0 amide bonds. The van der Waals surface area contributed by atoms with Crippen LogP contribution in [0.15, 0.2) is 12.1 Å². The number of nitrogens with zero attached hydrogens (tertiary/aromatic N) is 1. The molecule has 3 heteroatoms. The molecule has 1 atom stereocenters. The molecule has 0 spiro atoms. The lowest BCUT2D eigenvalue weighted by Crippen LogP contribution is -2.21. The number of rotatable bonds is 5. The van der Waals surface area contributed by atoms with Gasteiger partial charge in [-0.2, -0.15) is 12.6 Å². The van der Waals surface area contributed by atoms with E-state index in [1.807, 2.05) is 0 Å². The van der Waals surface area contributed by atoms with Gasteiger partial charge in [-0.05, 0) is 62.9 Å². The third kappa shape index (κ3) is 3.39. The van der Waals surface area contributed by atoms with Gasteiger partial charge in [0.15, 0.2) is 0 Å². The van der Waals surface area contributed by atoms with Gasteiger partial charge in [0, 0.05) is 6.04 Å². The molecule has 96 valence electrons. The summed E-state index contributed by atoms with van der Waals surface area (Å²) in [6, 6.07) is 4.79. The Morgan fingerprint density at radius 2 is 1.88 bits per heavy atom. The summed E-state index contributed by atoms with van der Waals surface area (Å²) in [5, 5.41) is 0. The SMILES string of the molecule is COc1cc(C)c(C(CCS)N(C)C)cc1C. The maximum atomic E-state index is 5.35. The van der Waals surface area contributed by atoms with Crippen LogP contribution in [0, 0.1) is 13.8 Å². The zero-order valence-corrected chi connectivity index (χ0v) is 12.3. The van der Waals surface area contributed by atoms with Gasteiger partial charge in [-0.25, -0.2) is 0 Å². The van der Waals surface area contributed by atoms with E-state index in [0.29, 0.717) is 6.04 Å². The van der Waals surface area contributed by atoms with Crippen LogP contribution in [0.2, 0.25) is 0 Å². The van der Waals surface area contributed by atoms with Crippen LogP contribution in [0.5, 0.6) is 5.75 Å². The van der Waals surface area contributed by atoms with Crippen LogP contribution >= 0.6 is 12.6 Å². The van der Waals surface area contributed by atoms with E-state index in [9.17, 15) is 0 Å². The zero-order chi connectivity index (χ0) is 13.0. The predicted molar refractivity (Wildman–Crippen MR) is 77.4 cm³/mol. The van der Waals surface area contributed by atoms with Gasteiger partial charge >= 0.3 is 0 Å². The maximum absolute atomic E-state index is 5.35. The number of aryl methyl sites for hydroxylation is 2. The minimum atomic E-state index is 0.428. The van der Waals surface area contributed by atoms with Crippen LogP contribution in [-0.4, -0.2) is 31.9 Å². The van der Waals surface area contributed by atoms with E-state index in [2.05, 4.69) is 57.6 Å². The fourth-order valence-electron chi connectivity index (χ4n) is 2.21. The fourth-order valence-corrected chi connectivity index (χ4v) is 2.45. The molecule has 1 rings (SSSR count). The summed E-state index contributed by atoms with van der Waals surface area (Å²) in [6.45, 7) is 4.24. The van der Waals surface area contributed by atoms with Crippen molar-refractivity contribution < 1.29 is 4.74 Å². The standard InChI is InChI=1S/C14H23NOS/c1-10-9-14(16-5)11(2)8-12(10)13(6-7-17)15(3)4/h8-9,13,17H,6-7H2,1-5H3. The maximum Gasteiger partial charge on any atom is 0.122 e. The van der Waals surface area contributed by atoms with Gasteiger partial charge in [0.05, 0.1) is 7.11 Å². The third-order valence-corrected chi connectivity index (χ3v) is 3.43. The Morgan fingerprint density at radius 3 is 2.35 bits per heavy atom. The van der Waals surface area contributed by atoms with Crippen LogP contribution in [0.25, 0.3) is 0 Å². The molecule has 0 aromatic heterocycles. The van der Waals surface area contributed by atoms with E-state index in [4.69, 9.17) is 4.74 Å². The second-order valence-corrected chi connectivity index (χ2v) is 5.12. The van der Waals surface area contributed by atoms with Gasteiger partial charge in [0.1, 0.15) is 5.75 Å². The molecule has 0 saturated carbocycles. The van der Waals surface area contributed by atoms with Gasteiger partial charge in [0.25, 0.3) is 0 Å². The van der Waals surface area contributed by atoms with E-state index in [0.717, 1.165) is 17.9 Å². The highest BCUT2D eigenvalue weighted by Gasteiger charge is 2.17. The summed E-state index contributed by atoms with van der Waals surface area (Å²) in [4.78, 5) is 2.25. The molecule has 0 heterocycles. The fraction of sp³-hybridized carbons (Fsp3) is 0.571. The van der Waals surface area contributed by atoms with E-state index < -0.39 is 0 Å². The van der Waals surface area contributed by atoms with Crippen molar-refractivity contribution in [2.75, 3.05) is 27.0 Å². The van der Waals surface area contributed by atoms with Crippen molar-refractivity contribution in [3.05, 3.63) is 28.8 Å². The molecule has 1 aromatic carbocycles. The van der Waals surface area contributed by atoms with Crippen molar-refractivity contribution >= 4 is 12.6 Å². The number of thiol groups is 1. The number of hydrogen-bond acceptors (Lipinski definition) is 3. The molecule has 1 unspecified atom stereocenters. The van der Waals surface area contributed by atoms with Crippen LogP contribution in [0.1, 0.15) is 29.2 Å². The second kappa shape index (κ2) is 6.31. The van der Waals surface area contributed by atoms with Crippen molar-refractivity contribution in [1.82, 2.24) is 4.90 Å². The molecule has 0 aliphatic carbocycles. The lowest BCUT2D eigenvalue weighted by molar-refractivity contribution is 0.292. The summed E-state index contributed by atoms with van der Waals surface area (Å²) in [6.07, 6.45) is 1.06. The van der Waals surface area contributed by atoms with Crippen LogP contribution < -0.4 is 4.74 Å². The summed E-state index contributed by atoms with van der Waals surface area (Å²) < 4.78 is 5.35. The molecular weight excluding hydrogens is 230 g/mol. The van der Waals surface area contributed by atoms with E-state index in [1.165, 1.54) is 16.7 Å². The first-order valence-electron chi connectivity index (χ1n) is 5.93. The van der Waals surface area contributed by atoms with Crippen molar-refractivity contribution in [3.63, 3.8) is 0 Å². The third-order valence-electron chi connectivity index (χ3n) is 3.17. The van der Waals surface area contributed by atoms with Gasteiger partial charge in [-0.3, -0.25) is 0 Å². The molecule has 0 fully saturated rings. The van der Waals surface area contributed by atoms with Crippen molar-refractivity contribution in [2.24, 2.45) is 0 Å². The molecule has 0 N–H and O–H groups in total. The number of hydrogen-bond donors (Lipinski definition) is 1. The Bertz CT molecular complexity index is 377. The topological polar surface area (TPSA) is 12.5 Å². The zero-order valence-electron chi connectivity index (χ0n) is 11.4.